The van der Waals surface area contributed by atoms with Gasteiger partial charge in [-0.15, -0.1) is 0 Å². The highest BCUT2D eigenvalue weighted by atomic mass is 16.5. The molecule has 4 rings (SSSR count). The van der Waals surface area contributed by atoms with Gasteiger partial charge in [0.25, 0.3) is 5.95 Å². The average Bonchev–Trinajstić information content (AvgIpc) is 3.15. The van der Waals surface area contributed by atoms with Gasteiger partial charge in [0.05, 0.1) is 30.8 Å². The maximum absolute atomic E-state index is 6.03. The number of hydrogen-bond acceptors (Lipinski definition) is 7. The summed E-state index contributed by atoms with van der Waals surface area (Å²) in [6, 6.07) is 7.95. The van der Waals surface area contributed by atoms with Gasteiger partial charge in [0.15, 0.2) is 0 Å². The Hall–Kier alpha value is -3.72. The van der Waals surface area contributed by atoms with Crippen molar-refractivity contribution < 1.29 is 9.47 Å². The Labute approximate surface area is 187 Å². The third-order valence-corrected chi connectivity index (χ3v) is 5.23. The number of nitrogens with two attached hydrogens (primary N) is 1. The van der Waals surface area contributed by atoms with Crippen molar-refractivity contribution in [3.63, 3.8) is 0 Å². The topological polar surface area (TPSA) is 112 Å². The minimum Gasteiger partial charge on any atom is -0.497 e. The van der Waals surface area contributed by atoms with Gasteiger partial charge in [-0.2, -0.15) is 10.1 Å². The molecule has 0 atom stereocenters. The first-order chi connectivity index (χ1) is 15.6. The van der Waals surface area contributed by atoms with E-state index in [1.807, 2.05) is 42.2 Å². The summed E-state index contributed by atoms with van der Waals surface area (Å²) < 4.78 is 12.3. The van der Waals surface area contributed by atoms with Gasteiger partial charge in [0, 0.05) is 44.2 Å². The van der Waals surface area contributed by atoms with E-state index in [1.165, 1.54) is 0 Å². The summed E-state index contributed by atoms with van der Waals surface area (Å²) in [5.41, 5.74) is 12.0. The molecule has 2 aromatic heterocycles. The Morgan fingerprint density at radius 3 is 3.00 bits per heavy atom. The van der Waals surface area contributed by atoms with E-state index in [1.54, 1.807) is 26.5 Å². The van der Waals surface area contributed by atoms with E-state index < -0.39 is 0 Å². The first kappa shape index (κ1) is 21.5. The molecule has 0 fully saturated rings. The maximum atomic E-state index is 6.03. The van der Waals surface area contributed by atoms with Gasteiger partial charge in [-0.1, -0.05) is 12.1 Å². The number of rotatable bonds is 8. The van der Waals surface area contributed by atoms with Crippen molar-refractivity contribution in [1.29, 1.82) is 0 Å². The lowest BCUT2D eigenvalue weighted by atomic mass is 9.91. The van der Waals surface area contributed by atoms with Crippen molar-refractivity contribution in [2.24, 2.45) is 17.8 Å². The Morgan fingerprint density at radius 1 is 1.31 bits per heavy atom. The molecule has 0 radical (unpaired) electrons. The van der Waals surface area contributed by atoms with Crippen LogP contribution in [0.3, 0.4) is 0 Å². The van der Waals surface area contributed by atoms with E-state index >= 15 is 0 Å². The van der Waals surface area contributed by atoms with Crippen molar-refractivity contribution in [3.8, 4) is 28.3 Å². The first-order valence-electron chi connectivity index (χ1n) is 10.4. The van der Waals surface area contributed by atoms with E-state index in [9.17, 15) is 0 Å². The number of methoxy groups -OCH3 is 2. The van der Waals surface area contributed by atoms with E-state index in [0.29, 0.717) is 24.9 Å². The highest BCUT2D eigenvalue weighted by molar-refractivity contribution is 5.93. The third kappa shape index (κ3) is 4.47. The van der Waals surface area contributed by atoms with Crippen LogP contribution in [0.5, 0.6) is 5.75 Å². The number of nitrogens with zero attached hydrogens (tertiary/aromatic N) is 5. The van der Waals surface area contributed by atoms with E-state index in [2.05, 4.69) is 15.3 Å². The number of ether oxygens (including phenoxy) is 2. The van der Waals surface area contributed by atoms with Gasteiger partial charge >= 0.3 is 0 Å². The van der Waals surface area contributed by atoms with Crippen LogP contribution in [0.1, 0.15) is 11.3 Å². The fourth-order valence-electron chi connectivity index (χ4n) is 3.75. The number of nitrogens with one attached hydrogen (secondary N) is 1. The number of amidine groups is 1. The molecule has 1 aliphatic carbocycles. The second-order valence-electron chi connectivity index (χ2n) is 7.39. The molecule has 9 nitrogen and oxygen atoms in total. The van der Waals surface area contributed by atoms with Crippen molar-refractivity contribution in [3.05, 3.63) is 54.0 Å². The molecule has 2 heterocycles. The fourth-order valence-corrected chi connectivity index (χ4v) is 3.75. The van der Waals surface area contributed by atoms with Crippen LogP contribution in [-0.4, -0.2) is 53.0 Å². The zero-order valence-electron chi connectivity index (χ0n) is 18.5. The van der Waals surface area contributed by atoms with Crippen LogP contribution in [0, 0.1) is 0 Å². The molecule has 0 aliphatic heterocycles. The summed E-state index contributed by atoms with van der Waals surface area (Å²) in [6.45, 7) is 1.30. The Bertz CT molecular complexity index is 1170. The van der Waals surface area contributed by atoms with Gasteiger partial charge in [-0.05, 0) is 36.6 Å². The monoisotopic (exact) mass is 433 g/mol. The van der Waals surface area contributed by atoms with Gasteiger partial charge in [0.2, 0.25) is 0 Å². The van der Waals surface area contributed by atoms with Crippen LogP contribution in [0.4, 0.5) is 5.95 Å². The number of aromatic nitrogens is 4. The van der Waals surface area contributed by atoms with E-state index in [-0.39, 0.29) is 0 Å². The molecular weight excluding hydrogens is 406 g/mol. The second-order valence-corrected chi connectivity index (χ2v) is 7.39. The lowest BCUT2D eigenvalue weighted by molar-refractivity contribution is 0.203. The van der Waals surface area contributed by atoms with Gasteiger partial charge in [0.1, 0.15) is 11.6 Å². The van der Waals surface area contributed by atoms with Crippen molar-refractivity contribution in [2.45, 2.75) is 12.8 Å². The van der Waals surface area contributed by atoms with E-state index in [0.717, 1.165) is 52.4 Å². The standard InChI is InChI=1S/C23H27N7O2/c1-30-22(15-5-4-6-17(13-15)32-3)20-18(29-30)8-7-16-14-26-23(28-21(16)20)27-19(24)9-10-25-11-12-31-2/h4-6,9-10,13-14,25H,7-8,11-12H2,1-3H3,(H2,24,26,27,28)/b10-9-. The quantitative estimate of drug-likeness (QED) is 0.319. The minimum atomic E-state index is 0.310. The largest absolute Gasteiger partial charge is 0.497 e. The fraction of sp³-hybridized carbons (Fsp3) is 0.304. The molecule has 0 unspecified atom stereocenters. The molecule has 9 heteroatoms. The van der Waals surface area contributed by atoms with Crippen LogP contribution in [0.25, 0.3) is 22.5 Å². The summed E-state index contributed by atoms with van der Waals surface area (Å²) in [5.74, 6) is 1.42. The smallest absolute Gasteiger partial charge is 0.251 e. The van der Waals surface area contributed by atoms with Crippen molar-refractivity contribution in [1.82, 2.24) is 25.1 Å². The molecule has 0 bridgehead atoms. The highest BCUT2D eigenvalue weighted by Crippen LogP contribution is 2.40. The number of aryl methyl sites for hydroxylation is 3. The number of aliphatic imine (C=N–C) groups is 1. The van der Waals surface area contributed by atoms with Crippen LogP contribution >= 0.6 is 0 Å². The predicted octanol–water partition coefficient (Wildman–Crippen LogP) is 2.39. The summed E-state index contributed by atoms with van der Waals surface area (Å²) in [6.07, 6.45) is 6.91. The summed E-state index contributed by atoms with van der Waals surface area (Å²) in [5, 5.41) is 7.84. The predicted molar refractivity (Wildman–Crippen MR) is 124 cm³/mol. The molecule has 1 aromatic carbocycles. The summed E-state index contributed by atoms with van der Waals surface area (Å²) in [7, 11) is 5.27. The summed E-state index contributed by atoms with van der Waals surface area (Å²) >= 11 is 0. The molecule has 3 aromatic rings. The maximum Gasteiger partial charge on any atom is 0.251 e. The number of hydrogen-bond donors (Lipinski definition) is 2. The van der Waals surface area contributed by atoms with Crippen LogP contribution in [0.15, 0.2) is 47.7 Å². The van der Waals surface area contributed by atoms with Gasteiger partial charge in [-0.3, -0.25) is 4.68 Å². The lowest BCUT2D eigenvalue weighted by Crippen LogP contribution is -2.15. The molecule has 0 amide bonds. The van der Waals surface area contributed by atoms with E-state index in [4.69, 9.17) is 25.3 Å². The third-order valence-electron chi connectivity index (χ3n) is 5.23. The first-order valence-corrected chi connectivity index (χ1v) is 10.4. The minimum absolute atomic E-state index is 0.310. The molecule has 1 aliphatic rings. The molecule has 0 saturated carbocycles. The van der Waals surface area contributed by atoms with Crippen molar-refractivity contribution in [2.75, 3.05) is 27.4 Å². The molecule has 32 heavy (non-hydrogen) atoms. The Kier molecular flexibility index (Phi) is 6.46. The van der Waals surface area contributed by atoms with Gasteiger partial charge < -0.3 is 20.5 Å². The lowest BCUT2D eigenvalue weighted by Gasteiger charge is -2.16. The molecule has 0 saturated heterocycles. The van der Waals surface area contributed by atoms with Crippen LogP contribution in [-0.2, 0) is 24.6 Å². The van der Waals surface area contributed by atoms with Crippen LogP contribution in [0.2, 0.25) is 0 Å². The molecular formula is C23H27N7O2. The highest BCUT2D eigenvalue weighted by Gasteiger charge is 2.27. The molecule has 3 N–H and O–H groups in total. The Morgan fingerprint density at radius 2 is 2.19 bits per heavy atom. The van der Waals surface area contributed by atoms with Gasteiger partial charge in [-0.25, -0.2) is 9.97 Å². The zero-order chi connectivity index (χ0) is 22.5. The zero-order valence-corrected chi connectivity index (χ0v) is 18.5. The SMILES string of the molecule is COCCN/C=C\C(N)=Nc1ncc2c(n1)-c1c(nn(C)c1-c1cccc(OC)c1)CC2. The van der Waals surface area contributed by atoms with Crippen molar-refractivity contribution >= 4 is 11.8 Å². The average molecular weight is 434 g/mol. The second kappa shape index (κ2) is 9.61. The molecule has 0 spiro atoms. The molecule has 166 valence electrons. The number of benzene rings is 1. The Balaban J connectivity index is 1.70. The van der Waals surface area contributed by atoms with Crippen LogP contribution < -0.4 is 15.8 Å². The summed E-state index contributed by atoms with van der Waals surface area (Å²) in [4.78, 5) is 13.5. The number of fused-ring (bicyclic) bond motifs is 3. The normalized spacial score (nSPS) is 13.2.